The number of hydrogen-bond acceptors (Lipinski definition) is 6. The van der Waals surface area contributed by atoms with Gasteiger partial charge in [0, 0.05) is 11.6 Å². The molecule has 0 aliphatic rings. The lowest BCUT2D eigenvalue weighted by molar-refractivity contribution is -0.117. The number of carbonyl (C=O) groups is 2. The summed E-state index contributed by atoms with van der Waals surface area (Å²) in [5.41, 5.74) is 5.93. The van der Waals surface area contributed by atoms with Gasteiger partial charge in [0.1, 0.15) is 5.75 Å². The molecule has 34 heavy (non-hydrogen) atoms. The van der Waals surface area contributed by atoms with Crippen LogP contribution in [0.15, 0.2) is 83.8 Å². The molecule has 3 aromatic rings. The van der Waals surface area contributed by atoms with Gasteiger partial charge in [-0.05, 0) is 54.1 Å². The Morgan fingerprint density at radius 3 is 2.41 bits per heavy atom. The van der Waals surface area contributed by atoms with Crippen molar-refractivity contribution in [3.63, 3.8) is 0 Å². The average Bonchev–Trinajstić information content (AvgIpc) is 2.86. The Kier molecular flexibility index (Phi) is 7.63. The van der Waals surface area contributed by atoms with Crippen molar-refractivity contribution in [2.75, 3.05) is 11.8 Å². The topological polar surface area (TPSA) is 137 Å². The molecule has 0 aliphatic heterocycles. The van der Waals surface area contributed by atoms with E-state index in [-0.39, 0.29) is 16.1 Å². The molecule has 2 amide bonds. The van der Waals surface area contributed by atoms with E-state index in [4.69, 9.17) is 10.00 Å². The van der Waals surface area contributed by atoms with E-state index in [1.807, 2.05) is 6.07 Å². The predicted octanol–water partition coefficient (Wildman–Crippen LogP) is 2.84. The third-order valence-corrected chi connectivity index (χ3v) is 5.89. The summed E-state index contributed by atoms with van der Waals surface area (Å²) in [6, 6.07) is 20.4. The van der Waals surface area contributed by atoms with Gasteiger partial charge in [-0.2, -0.15) is 5.26 Å². The Balaban J connectivity index is 1.64. The van der Waals surface area contributed by atoms with Gasteiger partial charge in [0.2, 0.25) is 0 Å². The summed E-state index contributed by atoms with van der Waals surface area (Å²) in [6.45, 7) is 0. The molecule has 0 saturated carbocycles. The maximum atomic E-state index is 12.8. The molecule has 0 saturated heterocycles. The fourth-order valence-electron chi connectivity index (χ4n) is 2.81. The third-order valence-electron chi connectivity index (χ3n) is 4.52. The summed E-state index contributed by atoms with van der Waals surface area (Å²) in [6.07, 6.45) is 2.72. The fourth-order valence-corrected chi connectivity index (χ4v) is 3.93. The number of amides is 2. The number of anilines is 1. The van der Waals surface area contributed by atoms with Gasteiger partial charge in [0.15, 0.2) is 0 Å². The predicted molar refractivity (Wildman–Crippen MR) is 126 cm³/mol. The number of nitrogens with one attached hydrogen (secondary N) is 3. The van der Waals surface area contributed by atoms with Crippen LogP contribution in [-0.2, 0) is 14.8 Å². The van der Waals surface area contributed by atoms with Crippen LogP contribution in [-0.4, -0.2) is 27.3 Å². The highest BCUT2D eigenvalue weighted by atomic mass is 32.2. The second kappa shape index (κ2) is 10.8. The summed E-state index contributed by atoms with van der Waals surface area (Å²) in [4.78, 5) is 24.3. The molecule has 0 atom stereocenters. The SMILES string of the molecule is COc1ccccc1NS(=O)(=O)c1cccc(C(=O)NNC(=O)/C=C/c2ccc(C#N)cc2)c1. The van der Waals surface area contributed by atoms with Gasteiger partial charge in [-0.15, -0.1) is 0 Å². The zero-order chi connectivity index (χ0) is 24.6. The molecule has 0 fully saturated rings. The minimum atomic E-state index is -4.01. The molecule has 10 heteroatoms. The van der Waals surface area contributed by atoms with Gasteiger partial charge in [-0.1, -0.05) is 30.3 Å². The number of benzene rings is 3. The molecule has 3 N–H and O–H groups in total. The zero-order valence-electron chi connectivity index (χ0n) is 18.0. The van der Waals surface area contributed by atoms with E-state index in [2.05, 4.69) is 15.6 Å². The van der Waals surface area contributed by atoms with Gasteiger partial charge in [0.05, 0.1) is 29.3 Å². The van der Waals surface area contributed by atoms with Gasteiger partial charge in [0.25, 0.3) is 21.8 Å². The monoisotopic (exact) mass is 476 g/mol. The lowest BCUT2D eigenvalue weighted by atomic mass is 10.1. The summed E-state index contributed by atoms with van der Waals surface area (Å²) in [5, 5.41) is 8.80. The Morgan fingerprint density at radius 1 is 0.971 bits per heavy atom. The number of nitriles is 1. The van der Waals surface area contributed by atoms with E-state index in [1.54, 1.807) is 48.5 Å². The van der Waals surface area contributed by atoms with Crippen LogP contribution in [0.4, 0.5) is 5.69 Å². The molecule has 0 unspecified atom stereocenters. The molecule has 3 aromatic carbocycles. The highest BCUT2D eigenvalue weighted by Gasteiger charge is 2.18. The first kappa shape index (κ1) is 24.0. The first-order valence-electron chi connectivity index (χ1n) is 9.87. The minimum absolute atomic E-state index is 0.0271. The molecule has 0 radical (unpaired) electrons. The lowest BCUT2D eigenvalue weighted by Crippen LogP contribution is -2.40. The minimum Gasteiger partial charge on any atom is -0.495 e. The van der Waals surface area contributed by atoms with Crippen molar-refractivity contribution >= 4 is 33.6 Å². The smallest absolute Gasteiger partial charge is 0.269 e. The van der Waals surface area contributed by atoms with E-state index >= 15 is 0 Å². The van der Waals surface area contributed by atoms with Crippen molar-refractivity contribution in [2.45, 2.75) is 4.90 Å². The van der Waals surface area contributed by atoms with Crippen molar-refractivity contribution < 1.29 is 22.7 Å². The molecule has 0 bridgehead atoms. The largest absolute Gasteiger partial charge is 0.495 e. The quantitative estimate of drug-likeness (QED) is 0.354. The van der Waals surface area contributed by atoms with Crippen LogP contribution in [0.1, 0.15) is 21.5 Å². The molecule has 0 aliphatic carbocycles. The second-order valence-electron chi connectivity index (χ2n) is 6.84. The molecule has 9 nitrogen and oxygen atoms in total. The first-order valence-corrected chi connectivity index (χ1v) is 11.3. The number of sulfonamides is 1. The van der Waals surface area contributed by atoms with Crippen LogP contribution < -0.4 is 20.3 Å². The Labute approximate surface area is 196 Å². The maximum absolute atomic E-state index is 12.8. The van der Waals surface area contributed by atoms with Gasteiger partial charge in [-0.25, -0.2) is 8.42 Å². The van der Waals surface area contributed by atoms with Crippen molar-refractivity contribution in [3.8, 4) is 11.8 Å². The van der Waals surface area contributed by atoms with Crippen molar-refractivity contribution in [2.24, 2.45) is 0 Å². The number of rotatable bonds is 7. The molecule has 172 valence electrons. The number of para-hydroxylation sites is 2. The number of ether oxygens (including phenoxy) is 1. The van der Waals surface area contributed by atoms with Gasteiger partial charge >= 0.3 is 0 Å². The van der Waals surface area contributed by atoms with E-state index < -0.39 is 21.8 Å². The summed E-state index contributed by atoms with van der Waals surface area (Å²) in [7, 11) is -2.58. The zero-order valence-corrected chi connectivity index (χ0v) is 18.8. The molecule has 0 heterocycles. The third kappa shape index (κ3) is 6.21. The Hall–Kier alpha value is -4.62. The average molecular weight is 477 g/mol. The van der Waals surface area contributed by atoms with E-state index in [1.165, 1.54) is 43.5 Å². The van der Waals surface area contributed by atoms with Gasteiger partial charge < -0.3 is 4.74 Å². The van der Waals surface area contributed by atoms with Gasteiger partial charge in [-0.3, -0.25) is 25.2 Å². The van der Waals surface area contributed by atoms with Crippen LogP contribution in [0.2, 0.25) is 0 Å². The van der Waals surface area contributed by atoms with E-state index in [0.29, 0.717) is 16.9 Å². The Bertz CT molecular complexity index is 1380. The van der Waals surface area contributed by atoms with Crippen LogP contribution in [0, 0.1) is 11.3 Å². The van der Waals surface area contributed by atoms with Crippen molar-refractivity contribution in [3.05, 3.63) is 95.6 Å². The van der Waals surface area contributed by atoms with Crippen LogP contribution in [0.3, 0.4) is 0 Å². The first-order chi connectivity index (χ1) is 16.3. The molecule has 0 aromatic heterocycles. The summed E-state index contributed by atoms with van der Waals surface area (Å²) < 4.78 is 33.1. The van der Waals surface area contributed by atoms with Crippen LogP contribution >= 0.6 is 0 Å². The van der Waals surface area contributed by atoms with E-state index in [9.17, 15) is 18.0 Å². The number of methoxy groups -OCH3 is 1. The standard InChI is InChI=1S/C24H20N4O5S/c1-33-22-8-3-2-7-21(22)28-34(31,32)20-6-4-5-19(15-20)24(30)27-26-23(29)14-13-17-9-11-18(16-25)12-10-17/h2-15,28H,1H3,(H,26,29)(H,27,30)/b14-13+. The maximum Gasteiger partial charge on any atom is 0.269 e. The normalized spacial score (nSPS) is 10.8. The highest BCUT2D eigenvalue weighted by Crippen LogP contribution is 2.26. The summed E-state index contributed by atoms with van der Waals surface area (Å²) in [5.74, 6) is -0.953. The number of hydrazine groups is 1. The van der Waals surface area contributed by atoms with E-state index in [0.717, 1.165) is 0 Å². The molecule has 0 spiro atoms. The lowest BCUT2D eigenvalue weighted by Gasteiger charge is -2.12. The van der Waals surface area contributed by atoms with Crippen molar-refractivity contribution in [1.29, 1.82) is 5.26 Å². The number of carbonyl (C=O) groups excluding carboxylic acids is 2. The Morgan fingerprint density at radius 2 is 1.71 bits per heavy atom. The molecule has 3 rings (SSSR count). The number of hydrogen-bond donors (Lipinski definition) is 3. The fraction of sp³-hybridized carbons (Fsp3) is 0.0417. The molecular weight excluding hydrogens is 456 g/mol. The number of nitrogens with zero attached hydrogens (tertiary/aromatic N) is 1. The highest BCUT2D eigenvalue weighted by molar-refractivity contribution is 7.92. The van der Waals surface area contributed by atoms with Crippen molar-refractivity contribution in [1.82, 2.24) is 10.9 Å². The van der Waals surface area contributed by atoms with Crippen LogP contribution in [0.5, 0.6) is 5.75 Å². The summed E-state index contributed by atoms with van der Waals surface area (Å²) >= 11 is 0. The molecular formula is C24H20N4O5S. The van der Waals surface area contributed by atoms with Crippen LogP contribution in [0.25, 0.3) is 6.08 Å². The second-order valence-corrected chi connectivity index (χ2v) is 8.53.